The van der Waals surface area contributed by atoms with Gasteiger partial charge in [0.1, 0.15) is 10.1 Å². The zero-order valence-electron chi connectivity index (χ0n) is 15.2. The molecule has 2 N–H and O–H groups in total. The Morgan fingerprint density at radius 2 is 2.11 bits per heavy atom. The van der Waals surface area contributed by atoms with Crippen molar-refractivity contribution >= 4 is 34.0 Å². The number of aryl methyl sites for hydroxylation is 1. The van der Waals surface area contributed by atoms with Crippen LogP contribution >= 0.6 is 23.1 Å². The fraction of sp³-hybridized carbons (Fsp3) is 0.278. The number of thiazole rings is 1. The van der Waals surface area contributed by atoms with Gasteiger partial charge in [-0.2, -0.15) is 10.2 Å². The van der Waals surface area contributed by atoms with Crippen LogP contribution < -0.4 is 10.7 Å². The van der Waals surface area contributed by atoms with Gasteiger partial charge in [0.2, 0.25) is 0 Å². The van der Waals surface area contributed by atoms with Crippen molar-refractivity contribution in [3.8, 4) is 0 Å². The first-order valence-electron chi connectivity index (χ1n) is 8.60. The number of hydrogen-bond donors (Lipinski definition) is 1. The van der Waals surface area contributed by atoms with E-state index in [0.717, 1.165) is 21.8 Å². The van der Waals surface area contributed by atoms with Crippen LogP contribution in [0, 0.1) is 18.6 Å². The SMILES string of the molecule is Cc1csc(C(C)C2=NN(c3ccn(Cc4cccc(F)c4F)n3)C(N)S2)n1. The number of aromatic nitrogens is 3. The molecule has 0 fully saturated rings. The number of hydrazone groups is 1. The second-order valence-corrected chi connectivity index (χ2v) is 8.45. The third-order valence-corrected chi connectivity index (χ3v) is 6.55. The molecule has 0 radical (unpaired) electrons. The molecule has 0 saturated heterocycles. The number of hydrogen-bond acceptors (Lipinski definition) is 7. The number of anilines is 1. The van der Waals surface area contributed by atoms with Crippen LogP contribution in [0.2, 0.25) is 0 Å². The molecule has 0 saturated carbocycles. The first-order chi connectivity index (χ1) is 13.4. The van der Waals surface area contributed by atoms with Crippen LogP contribution in [-0.2, 0) is 6.54 Å². The molecule has 3 aromatic rings. The normalized spacial score (nSPS) is 17.8. The predicted octanol–water partition coefficient (Wildman–Crippen LogP) is 3.89. The van der Waals surface area contributed by atoms with Gasteiger partial charge in [-0.15, -0.1) is 11.3 Å². The molecule has 6 nitrogen and oxygen atoms in total. The maximum atomic E-state index is 13.9. The molecule has 1 aliphatic rings. The Hall–Kier alpha value is -2.30. The number of nitrogens with zero attached hydrogens (tertiary/aromatic N) is 5. The minimum atomic E-state index is -0.872. The van der Waals surface area contributed by atoms with E-state index in [1.807, 2.05) is 19.2 Å². The van der Waals surface area contributed by atoms with Crippen LogP contribution in [0.1, 0.15) is 29.1 Å². The summed E-state index contributed by atoms with van der Waals surface area (Å²) in [6.45, 7) is 4.12. The molecule has 0 amide bonds. The minimum Gasteiger partial charge on any atom is -0.301 e. The average molecular weight is 421 g/mol. The first-order valence-corrected chi connectivity index (χ1v) is 10.4. The van der Waals surface area contributed by atoms with Gasteiger partial charge in [-0.25, -0.2) is 18.8 Å². The van der Waals surface area contributed by atoms with Crippen LogP contribution in [0.4, 0.5) is 14.6 Å². The average Bonchev–Trinajstić information content (AvgIpc) is 3.38. The molecule has 1 aromatic carbocycles. The summed E-state index contributed by atoms with van der Waals surface area (Å²) < 4.78 is 28.8. The second-order valence-electron chi connectivity index (χ2n) is 6.42. The Bertz CT molecular complexity index is 1030. The van der Waals surface area contributed by atoms with Gasteiger partial charge in [0, 0.05) is 28.9 Å². The standard InChI is InChI=1S/C18H18F2N6S2/c1-10-9-27-16(22-10)11(2)17-24-26(18(21)28-17)14-6-7-25(23-14)8-12-4-3-5-13(19)15(12)20/h3-7,9,11,18H,8,21H2,1-2H3. The highest BCUT2D eigenvalue weighted by atomic mass is 32.2. The third-order valence-electron chi connectivity index (χ3n) is 4.29. The lowest BCUT2D eigenvalue weighted by Gasteiger charge is -2.15. The van der Waals surface area contributed by atoms with E-state index < -0.39 is 17.1 Å². The molecular formula is C18H18F2N6S2. The maximum Gasteiger partial charge on any atom is 0.173 e. The van der Waals surface area contributed by atoms with Gasteiger partial charge in [0.05, 0.1) is 12.5 Å². The van der Waals surface area contributed by atoms with Crippen LogP contribution in [0.25, 0.3) is 0 Å². The Morgan fingerprint density at radius 1 is 1.29 bits per heavy atom. The number of halogens is 2. The quantitative estimate of drug-likeness (QED) is 0.678. The fourth-order valence-corrected chi connectivity index (χ4v) is 4.70. The molecule has 3 heterocycles. The van der Waals surface area contributed by atoms with E-state index >= 15 is 0 Å². The second kappa shape index (κ2) is 7.61. The van der Waals surface area contributed by atoms with Crippen molar-refractivity contribution in [2.75, 3.05) is 5.01 Å². The van der Waals surface area contributed by atoms with Crippen molar-refractivity contribution < 1.29 is 8.78 Å². The highest BCUT2D eigenvalue weighted by molar-refractivity contribution is 8.14. The van der Waals surface area contributed by atoms with Crippen molar-refractivity contribution in [2.45, 2.75) is 31.8 Å². The monoisotopic (exact) mass is 420 g/mol. The van der Waals surface area contributed by atoms with Gasteiger partial charge >= 0.3 is 0 Å². The molecular weight excluding hydrogens is 402 g/mol. The summed E-state index contributed by atoms with van der Waals surface area (Å²) in [6, 6.07) is 5.85. The van der Waals surface area contributed by atoms with Gasteiger partial charge in [-0.05, 0) is 19.9 Å². The van der Waals surface area contributed by atoms with Crippen LogP contribution in [0.5, 0.6) is 0 Å². The predicted molar refractivity (Wildman–Crippen MR) is 108 cm³/mol. The third kappa shape index (κ3) is 3.67. The lowest BCUT2D eigenvalue weighted by Crippen LogP contribution is -2.32. The molecule has 4 rings (SSSR count). The van der Waals surface area contributed by atoms with E-state index in [1.165, 1.54) is 28.6 Å². The summed E-state index contributed by atoms with van der Waals surface area (Å²) in [4.78, 5) is 4.52. The van der Waals surface area contributed by atoms with Crippen molar-refractivity contribution in [3.05, 3.63) is 63.7 Å². The highest BCUT2D eigenvalue weighted by Crippen LogP contribution is 2.35. The van der Waals surface area contributed by atoms with E-state index in [-0.39, 0.29) is 18.0 Å². The zero-order valence-corrected chi connectivity index (χ0v) is 16.8. The molecule has 10 heteroatoms. The van der Waals surface area contributed by atoms with E-state index in [2.05, 4.69) is 15.2 Å². The molecule has 2 atom stereocenters. The molecule has 1 aliphatic heterocycles. The van der Waals surface area contributed by atoms with Gasteiger partial charge in [0.15, 0.2) is 23.0 Å². The number of rotatable bonds is 5. The number of nitrogens with two attached hydrogens (primary N) is 1. The van der Waals surface area contributed by atoms with Gasteiger partial charge < -0.3 is 5.73 Å². The summed E-state index contributed by atoms with van der Waals surface area (Å²) in [5.41, 5.74) is 7.03. The minimum absolute atomic E-state index is 0.0447. The van der Waals surface area contributed by atoms with Gasteiger partial charge in [-0.1, -0.05) is 23.9 Å². The number of thioether (sulfide) groups is 1. The van der Waals surface area contributed by atoms with E-state index in [9.17, 15) is 8.78 Å². The van der Waals surface area contributed by atoms with E-state index in [4.69, 9.17) is 5.73 Å². The molecule has 146 valence electrons. The highest BCUT2D eigenvalue weighted by Gasteiger charge is 2.31. The van der Waals surface area contributed by atoms with Crippen molar-refractivity contribution in [1.29, 1.82) is 0 Å². The Labute approximate surface area is 169 Å². The molecule has 0 spiro atoms. The topological polar surface area (TPSA) is 72.3 Å². The Morgan fingerprint density at radius 3 is 2.86 bits per heavy atom. The summed E-state index contributed by atoms with van der Waals surface area (Å²) in [5.74, 6) is -1.14. The zero-order chi connectivity index (χ0) is 19.8. The largest absolute Gasteiger partial charge is 0.301 e. The molecule has 2 unspecified atom stereocenters. The Kier molecular flexibility index (Phi) is 5.17. The fourth-order valence-electron chi connectivity index (χ4n) is 2.81. The van der Waals surface area contributed by atoms with Crippen LogP contribution in [0.3, 0.4) is 0 Å². The Balaban J connectivity index is 1.53. The lowest BCUT2D eigenvalue weighted by atomic mass is 10.2. The van der Waals surface area contributed by atoms with E-state index in [0.29, 0.717) is 5.82 Å². The van der Waals surface area contributed by atoms with Crippen molar-refractivity contribution in [1.82, 2.24) is 14.8 Å². The van der Waals surface area contributed by atoms with Crippen LogP contribution in [-0.4, -0.2) is 25.3 Å². The van der Waals surface area contributed by atoms with Gasteiger partial charge in [-0.3, -0.25) is 4.68 Å². The lowest BCUT2D eigenvalue weighted by molar-refractivity contribution is 0.492. The smallest absolute Gasteiger partial charge is 0.173 e. The van der Waals surface area contributed by atoms with Gasteiger partial charge in [0.25, 0.3) is 0 Å². The summed E-state index contributed by atoms with van der Waals surface area (Å²) in [7, 11) is 0. The summed E-state index contributed by atoms with van der Waals surface area (Å²) in [6.07, 6.45) is 1.69. The molecule has 28 heavy (non-hydrogen) atoms. The summed E-state index contributed by atoms with van der Waals surface area (Å²) in [5, 5.41) is 14.5. The van der Waals surface area contributed by atoms with Crippen molar-refractivity contribution in [2.24, 2.45) is 10.8 Å². The molecule has 0 aliphatic carbocycles. The summed E-state index contributed by atoms with van der Waals surface area (Å²) >= 11 is 3.06. The number of benzene rings is 1. The van der Waals surface area contributed by atoms with Crippen LogP contribution in [0.15, 0.2) is 40.9 Å². The van der Waals surface area contributed by atoms with E-state index in [1.54, 1.807) is 28.6 Å². The maximum absolute atomic E-state index is 13.9. The van der Waals surface area contributed by atoms with Crippen molar-refractivity contribution in [3.63, 3.8) is 0 Å². The molecule has 2 aromatic heterocycles. The molecule has 0 bridgehead atoms. The first kappa shape index (κ1) is 19.0.